The maximum atomic E-state index is 2.39. The molecule has 0 saturated heterocycles. The molecule has 2 rings (SSSR count). The van der Waals surface area contributed by atoms with E-state index in [1.54, 1.807) is 5.56 Å². The molecular formula is C26H38S. The van der Waals surface area contributed by atoms with Crippen LogP contribution in [-0.4, -0.2) is 0 Å². The highest BCUT2D eigenvalue weighted by atomic mass is 32.2. The maximum Gasteiger partial charge on any atom is 0.0354 e. The molecule has 0 heterocycles. The fraction of sp³-hybridized carbons (Fsp3) is 0.538. The Labute approximate surface area is 172 Å². The van der Waals surface area contributed by atoms with Gasteiger partial charge in [0.15, 0.2) is 0 Å². The summed E-state index contributed by atoms with van der Waals surface area (Å²) in [5, 5.41) is 0.447. The first-order valence-corrected chi connectivity index (χ1v) is 11.2. The maximum absolute atomic E-state index is 2.39. The fourth-order valence-corrected chi connectivity index (χ4v) is 5.15. The molecule has 148 valence electrons. The Kier molecular flexibility index (Phi) is 6.57. The number of hydrogen-bond acceptors (Lipinski definition) is 1. The van der Waals surface area contributed by atoms with Crippen molar-refractivity contribution in [3.63, 3.8) is 0 Å². The smallest absolute Gasteiger partial charge is 0.0354 e. The van der Waals surface area contributed by atoms with Crippen molar-refractivity contribution in [1.29, 1.82) is 0 Å². The quantitative estimate of drug-likeness (QED) is 0.512. The van der Waals surface area contributed by atoms with Crippen LogP contribution in [0.15, 0.2) is 48.5 Å². The van der Waals surface area contributed by atoms with E-state index in [1.807, 2.05) is 0 Å². The zero-order valence-electron chi connectivity index (χ0n) is 18.8. The average molecular weight is 383 g/mol. The van der Waals surface area contributed by atoms with E-state index < -0.39 is 0 Å². The third-order valence-electron chi connectivity index (χ3n) is 5.03. The summed E-state index contributed by atoms with van der Waals surface area (Å²) in [6.45, 7) is 21.3. The van der Waals surface area contributed by atoms with Crippen LogP contribution in [-0.2, 0) is 16.6 Å². The molecule has 0 saturated carbocycles. The third-order valence-corrected chi connectivity index (χ3v) is 6.81. The van der Waals surface area contributed by atoms with E-state index in [2.05, 4.69) is 123 Å². The molecule has 1 atom stereocenters. The van der Waals surface area contributed by atoms with Gasteiger partial charge in [0.25, 0.3) is 0 Å². The zero-order chi connectivity index (χ0) is 20.5. The summed E-state index contributed by atoms with van der Waals surface area (Å²) in [5.41, 5.74) is 6.40. The van der Waals surface area contributed by atoms with Gasteiger partial charge >= 0.3 is 0 Å². The topological polar surface area (TPSA) is 0 Å². The van der Waals surface area contributed by atoms with Crippen molar-refractivity contribution >= 4 is 11.8 Å². The van der Waals surface area contributed by atoms with Crippen LogP contribution in [0.5, 0.6) is 0 Å². The minimum Gasteiger partial charge on any atom is -0.148 e. The monoisotopic (exact) mass is 382 g/mol. The summed E-state index contributed by atoms with van der Waals surface area (Å²) in [4.78, 5) is 0. The van der Waals surface area contributed by atoms with Crippen LogP contribution >= 0.6 is 11.8 Å². The van der Waals surface area contributed by atoms with Gasteiger partial charge in [-0.3, -0.25) is 0 Å². The molecule has 0 aliphatic carbocycles. The van der Waals surface area contributed by atoms with Gasteiger partial charge in [0.05, 0.1) is 0 Å². The molecule has 0 spiro atoms. The Morgan fingerprint density at radius 1 is 0.667 bits per heavy atom. The van der Waals surface area contributed by atoms with E-state index in [9.17, 15) is 0 Å². The van der Waals surface area contributed by atoms with Gasteiger partial charge in [-0.1, -0.05) is 111 Å². The van der Waals surface area contributed by atoms with Crippen LogP contribution in [0.1, 0.15) is 89.8 Å². The first-order chi connectivity index (χ1) is 12.3. The molecule has 0 amide bonds. The summed E-state index contributed by atoms with van der Waals surface area (Å²) >= 11 is 2.10. The minimum absolute atomic E-state index is 0.132. The van der Waals surface area contributed by atoms with Crippen molar-refractivity contribution in [2.75, 3.05) is 0 Å². The highest BCUT2D eigenvalue weighted by molar-refractivity contribution is 7.98. The molecule has 27 heavy (non-hydrogen) atoms. The van der Waals surface area contributed by atoms with Crippen molar-refractivity contribution in [3.8, 4) is 0 Å². The van der Waals surface area contributed by atoms with Gasteiger partial charge in [0.2, 0.25) is 0 Å². The fourth-order valence-electron chi connectivity index (χ4n) is 3.68. The second kappa shape index (κ2) is 8.03. The van der Waals surface area contributed by atoms with E-state index in [0.717, 1.165) is 5.75 Å². The highest BCUT2D eigenvalue weighted by Crippen LogP contribution is 2.51. The Balaban J connectivity index is 2.60. The van der Waals surface area contributed by atoms with Gasteiger partial charge in [0.1, 0.15) is 0 Å². The lowest BCUT2D eigenvalue weighted by Crippen LogP contribution is -2.27. The molecule has 0 aromatic heterocycles. The summed E-state index contributed by atoms with van der Waals surface area (Å²) < 4.78 is 0. The molecule has 1 heteroatoms. The Hall–Kier alpha value is -1.21. The van der Waals surface area contributed by atoms with E-state index in [4.69, 9.17) is 0 Å². The molecule has 0 aliphatic heterocycles. The Morgan fingerprint density at radius 3 is 1.56 bits per heavy atom. The van der Waals surface area contributed by atoms with Gasteiger partial charge in [-0.15, -0.1) is 11.8 Å². The zero-order valence-corrected chi connectivity index (χ0v) is 19.6. The molecular weight excluding hydrogens is 344 g/mol. The van der Waals surface area contributed by atoms with Crippen LogP contribution in [0.4, 0.5) is 0 Å². The van der Waals surface area contributed by atoms with Crippen LogP contribution in [0.2, 0.25) is 0 Å². The predicted molar refractivity (Wildman–Crippen MR) is 124 cm³/mol. The number of hydrogen-bond donors (Lipinski definition) is 0. The van der Waals surface area contributed by atoms with Gasteiger partial charge in [-0.2, -0.15) is 0 Å². The number of rotatable bonds is 4. The van der Waals surface area contributed by atoms with Crippen molar-refractivity contribution < 1.29 is 0 Å². The second-order valence-electron chi connectivity index (χ2n) is 10.8. The van der Waals surface area contributed by atoms with Crippen molar-refractivity contribution in [2.24, 2.45) is 5.41 Å². The Morgan fingerprint density at radius 2 is 1.15 bits per heavy atom. The SMILES string of the molecule is CC(C)(C)c1cccc(C(C)(C)C)c1C(SCc1ccccc1)C(C)(C)C. The van der Waals surface area contributed by atoms with Crippen LogP contribution < -0.4 is 0 Å². The molecule has 1 unspecified atom stereocenters. The molecule has 0 nitrogen and oxygen atoms in total. The van der Waals surface area contributed by atoms with E-state index in [0.29, 0.717) is 5.25 Å². The van der Waals surface area contributed by atoms with Crippen LogP contribution in [0, 0.1) is 5.41 Å². The largest absolute Gasteiger partial charge is 0.148 e. The summed E-state index contributed by atoms with van der Waals surface area (Å²) in [7, 11) is 0. The summed E-state index contributed by atoms with van der Waals surface area (Å²) in [5.74, 6) is 1.05. The van der Waals surface area contributed by atoms with Crippen LogP contribution in [0.3, 0.4) is 0 Å². The Bertz CT molecular complexity index is 704. The van der Waals surface area contributed by atoms with E-state index in [-0.39, 0.29) is 16.2 Å². The molecule has 0 N–H and O–H groups in total. The molecule has 0 radical (unpaired) electrons. The number of thioether (sulfide) groups is 1. The minimum atomic E-state index is 0.132. The van der Waals surface area contributed by atoms with Gasteiger partial charge < -0.3 is 0 Å². The highest BCUT2D eigenvalue weighted by Gasteiger charge is 2.35. The van der Waals surface area contributed by atoms with Gasteiger partial charge in [-0.05, 0) is 38.5 Å². The van der Waals surface area contributed by atoms with Crippen molar-refractivity contribution in [3.05, 3.63) is 70.8 Å². The van der Waals surface area contributed by atoms with E-state index >= 15 is 0 Å². The second-order valence-corrected chi connectivity index (χ2v) is 11.9. The third kappa shape index (κ3) is 5.64. The lowest BCUT2D eigenvalue weighted by Gasteiger charge is -2.39. The normalized spacial score (nSPS) is 14.3. The van der Waals surface area contributed by atoms with Crippen molar-refractivity contribution in [1.82, 2.24) is 0 Å². The summed E-state index contributed by atoms with van der Waals surface area (Å²) in [6.07, 6.45) is 0. The van der Waals surface area contributed by atoms with Crippen molar-refractivity contribution in [2.45, 2.75) is 84.1 Å². The predicted octanol–water partition coefficient (Wildman–Crippen LogP) is 8.30. The standard InChI is InChI=1S/C26H38S/c1-24(2,3)20-16-13-17-21(25(4,5)6)22(20)23(26(7,8)9)27-18-19-14-11-10-12-15-19/h10-17,23H,18H2,1-9H3. The van der Waals surface area contributed by atoms with E-state index in [1.165, 1.54) is 16.7 Å². The van der Waals surface area contributed by atoms with Gasteiger partial charge in [0, 0.05) is 11.0 Å². The molecule has 2 aromatic carbocycles. The molecule has 2 aromatic rings. The molecule has 0 bridgehead atoms. The first kappa shape index (κ1) is 22.1. The molecule has 0 fully saturated rings. The van der Waals surface area contributed by atoms with Crippen LogP contribution in [0.25, 0.3) is 0 Å². The summed E-state index contributed by atoms with van der Waals surface area (Å²) in [6, 6.07) is 17.8. The number of benzene rings is 2. The average Bonchev–Trinajstić information content (AvgIpc) is 2.53. The lowest BCUT2D eigenvalue weighted by atomic mass is 9.72. The lowest BCUT2D eigenvalue weighted by molar-refractivity contribution is 0.391. The van der Waals surface area contributed by atoms with Gasteiger partial charge in [-0.25, -0.2) is 0 Å². The molecule has 0 aliphatic rings. The first-order valence-electron chi connectivity index (χ1n) is 10.1.